The minimum absolute atomic E-state index is 0.151. The number of hydrogen-bond acceptors (Lipinski definition) is 4. The second kappa shape index (κ2) is 11.8. The molecule has 1 aliphatic rings. The summed E-state index contributed by atoms with van der Waals surface area (Å²) in [6.07, 6.45) is 1.05. The van der Waals surface area contributed by atoms with Gasteiger partial charge < -0.3 is 19.7 Å². The highest BCUT2D eigenvalue weighted by atomic mass is 32.1. The van der Waals surface area contributed by atoms with Gasteiger partial charge >= 0.3 is 0 Å². The third kappa shape index (κ3) is 7.70. The van der Waals surface area contributed by atoms with Gasteiger partial charge in [0.05, 0.1) is 20.3 Å². The van der Waals surface area contributed by atoms with Gasteiger partial charge in [0, 0.05) is 44.5 Å². The Morgan fingerprint density at radius 1 is 1.12 bits per heavy atom. The standard InChI is InChI=1S/C27H39N3O2S/c1-21-7-12-24(19-25(21)31-5)28-26(33)30(14-6-13-29-15-17-32-18-16-29)20-22-8-10-23(11-9-22)27(2,3)4/h7-12,19H,6,13-18,20H2,1-5H3,(H,28,33). The Kier molecular flexibility index (Phi) is 9.12. The molecule has 1 saturated heterocycles. The average molecular weight is 470 g/mol. The van der Waals surface area contributed by atoms with E-state index in [4.69, 9.17) is 21.7 Å². The van der Waals surface area contributed by atoms with Crippen LogP contribution < -0.4 is 10.1 Å². The quantitative estimate of drug-likeness (QED) is 0.534. The smallest absolute Gasteiger partial charge is 0.173 e. The summed E-state index contributed by atoms with van der Waals surface area (Å²) in [6, 6.07) is 15.0. The molecule has 0 amide bonds. The molecule has 0 saturated carbocycles. The molecular weight excluding hydrogens is 430 g/mol. The average Bonchev–Trinajstić information content (AvgIpc) is 2.80. The first-order valence-corrected chi connectivity index (χ1v) is 12.3. The summed E-state index contributed by atoms with van der Waals surface area (Å²) in [7, 11) is 1.70. The Bertz CT molecular complexity index is 903. The van der Waals surface area contributed by atoms with E-state index in [9.17, 15) is 0 Å². The SMILES string of the molecule is COc1cc(NC(=S)N(CCCN2CCOCC2)Cc2ccc(C(C)(C)C)cc2)ccc1C. The number of benzene rings is 2. The molecule has 1 heterocycles. The summed E-state index contributed by atoms with van der Waals surface area (Å²) in [5.41, 5.74) is 4.81. The highest BCUT2D eigenvalue weighted by molar-refractivity contribution is 7.80. The van der Waals surface area contributed by atoms with Gasteiger partial charge in [-0.15, -0.1) is 0 Å². The summed E-state index contributed by atoms with van der Waals surface area (Å²) in [5, 5.41) is 4.17. The topological polar surface area (TPSA) is 37.0 Å². The van der Waals surface area contributed by atoms with Crippen LogP contribution in [0.1, 0.15) is 43.9 Å². The molecular formula is C27H39N3O2S. The lowest BCUT2D eigenvalue weighted by Crippen LogP contribution is -2.40. The predicted octanol–water partition coefficient (Wildman–Crippen LogP) is 5.22. The lowest BCUT2D eigenvalue weighted by Gasteiger charge is -2.30. The van der Waals surface area contributed by atoms with E-state index in [-0.39, 0.29) is 5.41 Å². The number of methoxy groups -OCH3 is 1. The van der Waals surface area contributed by atoms with Gasteiger partial charge in [-0.1, -0.05) is 51.1 Å². The maximum absolute atomic E-state index is 5.86. The molecule has 0 spiro atoms. The highest BCUT2D eigenvalue weighted by Crippen LogP contribution is 2.24. The first-order valence-electron chi connectivity index (χ1n) is 11.9. The Labute approximate surface area is 205 Å². The van der Waals surface area contributed by atoms with Crippen molar-refractivity contribution in [1.82, 2.24) is 9.80 Å². The molecule has 6 heteroatoms. The number of anilines is 1. The molecule has 0 aromatic heterocycles. The molecule has 3 rings (SSSR count). The van der Waals surface area contributed by atoms with Gasteiger partial charge in [0.2, 0.25) is 0 Å². The van der Waals surface area contributed by atoms with Crippen molar-refractivity contribution in [3.05, 3.63) is 59.2 Å². The normalized spacial score (nSPS) is 14.7. The number of morpholine rings is 1. The lowest BCUT2D eigenvalue weighted by atomic mass is 9.87. The molecule has 2 aromatic rings. The fraction of sp³-hybridized carbons (Fsp3) is 0.519. The van der Waals surface area contributed by atoms with Crippen LogP contribution in [0.2, 0.25) is 0 Å². The molecule has 180 valence electrons. The monoisotopic (exact) mass is 469 g/mol. The maximum Gasteiger partial charge on any atom is 0.173 e. The molecule has 1 fully saturated rings. The van der Waals surface area contributed by atoms with Crippen molar-refractivity contribution in [2.75, 3.05) is 51.8 Å². The number of rotatable bonds is 8. The summed E-state index contributed by atoms with van der Waals surface area (Å²) >= 11 is 5.86. The first-order chi connectivity index (χ1) is 15.8. The van der Waals surface area contributed by atoms with Gasteiger partial charge in [0.15, 0.2) is 5.11 Å². The van der Waals surface area contributed by atoms with E-state index in [0.29, 0.717) is 0 Å². The Morgan fingerprint density at radius 3 is 2.45 bits per heavy atom. The summed E-state index contributed by atoms with van der Waals surface area (Å²) < 4.78 is 11.0. The van der Waals surface area contributed by atoms with Crippen molar-refractivity contribution < 1.29 is 9.47 Å². The third-order valence-electron chi connectivity index (χ3n) is 6.15. The van der Waals surface area contributed by atoms with Crippen LogP contribution in [-0.2, 0) is 16.7 Å². The number of hydrogen-bond donors (Lipinski definition) is 1. The molecule has 0 bridgehead atoms. The lowest BCUT2D eigenvalue weighted by molar-refractivity contribution is 0.0368. The fourth-order valence-corrected chi connectivity index (χ4v) is 4.27. The minimum Gasteiger partial charge on any atom is -0.496 e. The van der Waals surface area contributed by atoms with Crippen molar-refractivity contribution >= 4 is 23.0 Å². The van der Waals surface area contributed by atoms with Crippen LogP contribution in [0.3, 0.4) is 0 Å². The van der Waals surface area contributed by atoms with Crippen LogP contribution in [-0.4, -0.2) is 61.4 Å². The van der Waals surface area contributed by atoms with E-state index in [2.05, 4.69) is 66.2 Å². The van der Waals surface area contributed by atoms with Crippen molar-refractivity contribution in [1.29, 1.82) is 0 Å². The van der Waals surface area contributed by atoms with Gasteiger partial charge in [0.1, 0.15) is 5.75 Å². The summed E-state index contributed by atoms with van der Waals surface area (Å²) in [4.78, 5) is 4.75. The van der Waals surface area contributed by atoms with E-state index in [0.717, 1.165) is 74.5 Å². The van der Waals surface area contributed by atoms with Crippen LogP contribution in [0.4, 0.5) is 5.69 Å². The molecule has 1 aliphatic heterocycles. The minimum atomic E-state index is 0.151. The molecule has 2 aromatic carbocycles. The van der Waals surface area contributed by atoms with Crippen molar-refractivity contribution in [2.45, 2.75) is 46.1 Å². The van der Waals surface area contributed by atoms with Crippen molar-refractivity contribution in [3.8, 4) is 5.75 Å². The summed E-state index contributed by atoms with van der Waals surface area (Å²) in [6.45, 7) is 15.2. The third-order valence-corrected chi connectivity index (χ3v) is 6.51. The van der Waals surface area contributed by atoms with E-state index >= 15 is 0 Å². The van der Waals surface area contributed by atoms with E-state index in [1.807, 2.05) is 19.1 Å². The molecule has 0 aliphatic carbocycles. The molecule has 5 nitrogen and oxygen atoms in total. The second-order valence-electron chi connectivity index (χ2n) is 9.79. The largest absolute Gasteiger partial charge is 0.496 e. The molecule has 0 unspecified atom stereocenters. The molecule has 1 N–H and O–H groups in total. The van der Waals surface area contributed by atoms with Gasteiger partial charge in [-0.05, 0) is 53.7 Å². The zero-order chi connectivity index (χ0) is 23.8. The number of nitrogens with one attached hydrogen (secondary N) is 1. The van der Waals surface area contributed by atoms with E-state index < -0.39 is 0 Å². The zero-order valence-corrected chi connectivity index (χ0v) is 21.6. The number of nitrogens with zero attached hydrogens (tertiary/aromatic N) is 2. The zero-order valence-electron chi connectivity index (χ0n) is 20.8. The number of aryl methyl sites for hydroxylation is 1. The number of thiocarbonyl (C=S) groups is 1. The Morgan fingerprint density at radius 2 is 1.82 bits per heavy atom. The molecule has 0 atom stereocenters. The molecule has 0 radical (unpaired) electrons. The van der Waals surface area contributed by atoms with Crippen LogP contribution >= 0.6 is 12.2 Å². The molecule has 33 heavy (non-hydrogen) atoms. The van der Waals surface area contributed by atoms with E-state index in [1.165, 1.54) is 11.1 Å². The first kappa shape index (κ1) is 25.5. The van der Waals surface area contributed by atoms with Gasteiger partial charge in [-0.3, -0.25) is 4.90 Å². The van der Waals surface area contributed by atoms with Crippen LogP contribution in [0, 0.1) is 6.92 Å². The van der Waals surface area contributed by atoms with Crippen molar-refractivity contribution in [3.63, 3.8) is 0 Å². The van der Waals surface area contributed by atoms with Gasteiger partial charge in [-0.25, -0.2) is 0 Å². The van der Waals surface area contributed by atoms with E-state index in [1.54, 1.807) is 7.11 Å². The summed E-state index contributed by atoms with van der Waals surface area (Å²) in [5.74, 6) is 0.861. The highest BCUT2D eigenvalue weighted by Gasteiger charge is 2.16. The van der Waals surface area contributed by atoms with Gasteiger partial charge in [-0.2, -0.15) is 0 Å². The Balaban J connectivity index is 1.68. The van der Waals surface area contributed by atoms with Gasteiger partial charge in [0.25, 0.3) is 0 Å². The Hall–Kier alpha value is -2.15. The van der Waals surface area contributed by atoms with Crippen LogP contribution in [0.15, 0.2) is 42.5 Å². The maximum atomic E-state index is 5.86. The van der Waals surface area contributed by atoms with Crippen LogP contribution in [0.5, 0.6) is 5.75 Å². The number of ether oxygens (including phenoxy) is 2. The van der Waals surface area contributed by atoms with Crippen molar-refractivity contribution in [2.24, 2.45) is 0 Å². The predicted molar refractivity (Wildman–Crippen MR) is 141 cm³/mol. The second-order valence-corrected chi connectivity index (χ2v) is 10.2. The fourth-order valence-electron chi connectivity index (χ4n) is 3.99. The van der Waals surface area contributed by atoms with Crippen LogP contribution in [0.25, 0.3) is 0 Å².